The number of likely N-dealkylation sites (tertiary alicyclic amines) is 1. The van der Waals surface area contributed by atoms with Crippen LogP contribution in [0.15, 0.2) is 0 Å². The van der Waals surface area contributed by atoms with Crippen molar-refractivity contribution in [1.82, 2.24) is 9.62 Å². The molecule has 0 bridgehead atoms. The normalized spacial score (nSPS) is 25.1. The Labute approximate surface area is 116 Å². The van der Waals surface area contributed by atoms with Crippen molar-refractivity contribution in [1.29, 1.82) is 0 Å². The number of nitrogens with one attached hydrogen (secondary N) is 1. The van der Waals surface area contributed by atoms with Gasteiger partial charge in [-0.25, -0.2) is 13.1 Å². The molecule has 1 heterocycles. The molecule has 19 heavy (non-hydrogen) atoms. The third-order valence-electron chi connectivity index (χ3n) is 4.22. The van der Waals surface area contributed by atoms with Gasteiger partial charge in [0, 0.05) is 13.1 Å². The lowest BCUT2D eigenvalue weighted by Crippen LogP contribution is -2.41. The number of carbonyl (C=O) groups is 1. The van der Waals surface area contributed by atoms with Crippen LogP contribution in [0.2, 0.25) is 0 Å². The van der Waals surface area contributed by atoms with Crippen LogP contribution in [0.3, 0.4) is 0 Å². The summed E-state index contributed by atoms with van der Waals surface area (Å²) < 4.78 is 25.0. The fraction of sp³-hybridized carbons (Fsp3) is 0.923. The standard InChI is InChI=1S/C13H26N2O3S/c1-4-13(3)7-6-9-15(10-8-13)12(16)11-14-19(17,18)5-2/h14H,4-11H2,1-3H3. The van der Waals surface area contributed by atoms with Crippen LogP contribution < -0.4 is 4.72 Å². The molecule has 0 saturated carbocycles. The molecule has 0 radical (unpaired) electrons. The highest BCUT2D eigenvalue weighted by atomic mass is 32.2. The van der Waals surface area contributed by atoms with E-state index in [9.17, 15) is 13.2 Å². The van der Waals surface area contributed by atoms with E-state index in [0.717, 1.165) is 38.8 Å². The van der Waals surface area contributed by atoms with Crippen molar-refractivity contribution < 1.29 is 13.2 Å². The van der Waals surface area contributed by atoms with Crippen LogP contribution >= 0.6 is 0 Å². The molecule has 1 fully saturated rings. The summed E-state index contributed by atoms with van der Waals surface area (Å²) in [6.07, 6.45) is 4.25. The number of sulfonamides is 1. The maximum absolute atomic E-state index is 12.0. The zero-order valence-corrected chi connectivity index (χ0v) is 13.1. The Hall–Kier alpha value is -0.620. The van der Waals surface area contributed by atoms with E-state index < -0.39 is 10.0 Å². The van der Waals surface area contributed by atoms with Crippen LogP contribution in [0.5, 0.6) is 0 Å². The van der Waals surface area contributed by atoms with Crippen LogP contribution in [0.25, 0.3) is 0 Å². The van der Waals surface area contributed by atoms with Crippen molar-refractivity contribution in [2.75, 3.05) is 25.4 Å². The molecule has 1 rings (SSSR count). The summed E-state index contributed by atoms with van der Waals surface area (Å²) in [6.45, 7) is 7.37. The minimum absolute atomic E-state index is 0.00812. The van der Waals surface area contributed by atoms with Crippen LogP contribution in [-0.4, -0.2) is 44.6 Å². The lowest BCUT2D eigenvalue weighted by Gasteiger charge is -2.26. The van der Waals surface area contributed by atoms with Gasteiger partial charge >= 0.3 is 0 Å². The van der Waals surface area contributed by atoms with Crippen molar-refractivity contribution >= 4 is 15.9 Å². The van der Waals surface area contributed by atoms with Crippen molar-refractivity contribution in [3.8, 4) is 0 Å². The smallest absolute Gasteiger partial charge is 0.237 e. The molecule has 6 heteroatoms. The minimum atomic E-state index is -3.29. The maximum Gasteiger partial charge on any atom is 0.237 e. The van der Waals surface area contributed by atoms with E-state index in [-0.39, 0.29) is 18.2 Å². The Morgan fingerprint density at radius 2 is 1.95 bits per heavy atom. The summed E-state index contributed by atoms with van der Waals surface area (Å²) in [7, 11) is -3.29. The molecule has 1 saturated heterocycles. The summed E-state index contributed by atoms with van der Waals surface area (Å²) in [5.74, 6) is -0.105. The molecule has 1 N–H and O–H groups in total. The van der Waals surface area contributed by atoms with E-state index in [0.29, 0.717) is 5.41 Å². The summed E-state index contributed by atoms with van der Waals surface area (Å²) in [5.41, 5.74) is 0.317. The number of hydrogen-bond acceptors (Lipinski definition) is 3. The number of nitrogens with zero attached hydrogens (tertiary/aromatic N) is 1. The predicted octanol–water partition coefficient (Wildman–Crippen LogP) is 1.35. The first kappa shape index (κ1) is 16.4. The molecule has 5 nitrogen and oxygen atoms in total. The van der Waals surface area contributed by atoms with E-state index in [1.165, 1.54) is 0 Å². The average Bonchev–Trinajstić information content (AvgIpc) is 2.59. The van der Waals surface area contributed by atoms with Crippen LogP contribution in [-0.2, 0) is 14.8 Å². The molecule has 112 valence electrons. The van der Waals surface area contributed by atoms with Crippen molar-refractivity contribution in [2.45, 2.75) is 46.5 Å². The first-order valence-electron chi connectivity index (χ1n) is 7.07. The highest BCUT2D eigenvalue weighted by Gasteiger charge is 2.27. The first-order chi connectivity index (χ1) is 8.82. The van der Waals surface area contributed by atoms with E-state index >= 15 is 0 Å². The fourth-order valence-electron chi connectivity index (χ4n) is 2.33. The molecule has 0 aromatic heterocycles. The van der Waals surface area contributed by atoms with Crippen molar-refractivity contribution in [3.63, 3.8) is 0 Å². The van der Waals surface area contributed by atoms with Crippen molar-refractivity contribution in [3.05, 3.63) is 0 Å². The Balaban J connectivity index is 2.50. The molecular formula is C13H26N2O3S. The van der Waals surface area contributed by atoms with Gasteiger partial charge in [-0.05, 0) is 31.6 Å². The Morgan fingerprint density at radius 1 is 1.26 bits per heavy atom. The average molecular weight is 290 g/mol. The van der Waals surface area contributed by atoms with Gasteiger partial charge in [0.2, 0.25) is 15.9 Å². The second-order valence-corrected chi connectivity index (χ2v) is 7.72. The van der Waals surface area contributed by atoms with Gasteiger partial charge in [-0.1, -0.05) is 20.3 Å². The highest BCUT2D eigenvalue weighted by Crippen LogP contribution is 2.33. The molecule has 1 atom stereocenters. The van der Waals surface area contributed by atoms with Gasteiger partial charge in [-0.15, -0.1) is 0 Å². The lowest BCUT2D eigenvalue weighted by molar-refractivity contribution is -0.129. The topological polar surface area (TPSA) is 66.5 Å². The van der Waals surface area contributed by atoms with E-state index in [1.807, 2.05) is 0 Å². The fourth-order valence-corrected chi connectivity index (χ4v) is 2.87. The van der Waals surface area contributed by atoms with Gasteiger partial charge < -0.3 is 4.90 Å². The second kappa shape index (κ2) is 6.70. The summed E-state index contributed by atoms with van der Waals surface area (Å²) in [5, 5.41) is 0. The molecule has 1 amide bonds. The third kappa shape index (κ3) is 5.10. The molecular weight excluding hydrogens is 264 g/mol. The minimum Gasteiger partial charge on any atom is -0.342 e. The number of hydrogen-bond donors (Lipinski definition) is 1. The third-order valence-corrected chi connectivity index (χ3v) is 5.57. The summed E-state index contributed by atoms with van der Waals surface area (Å²) in [4.78, 5) is 13.8. The molecule has 0 aromatic rings. The predicted molar refractivity (Wildman–Crippen MR) is 76.3 cm³/mol. The van der Waals surface area contributed by atoms with Crippen LogP contribution in [0, 0.1) is 5.41 Å². The van der Waals surface area contributed by atoms with Gasteiger partial charge in [-0.3, -0.25) is 4.79 Å². The van der Waals surface area contributed by atoms with E-state index in [2.05, 4.69) is 18.6 Å². The summed E-state index contributed by atoms with van der Waals surface area (Å²) >= 11 is 0. The molecule has 1 aliphatic heterocycles. The summed E-state index contributed by atoms with van der Waals surface area (Å²) in [6, 6.07) is 0. The molecule has 1 unspecified atom stereocenters. The van der Waals surface area contributed by atoms with Crippen LogP contribution in [0.4, 0.5) is 0 Å². The SMILES string of the molecule is CCC1(C)CCCN(C(=O)CNS(=O)(=O)CC)CC1. The maximum atomic E-state index is 12.0. The van der Waals surface area contributed by atoms with Crippen LogP contribution in [0.1, 0.15) is 46.5 Å². The quantitative estimate of drug-likeness (QED) is 0.831. The van der Waals surface area contributed by atoms with Gasteiger partial charge in [0.25, 0.3) is 0 Å². The first-order valence-corrected chi connectivity index (χ1v) is 8.72. The largest absolute Gasteiger partial charge is 0.342 e. The zero-order chi connectivity index (χ0) is 14.5. The van der Waals surface area contributed by atoms with Gasteiger partial charge in [-0.2, -0.15) is 0 Å². The van der Waals surface area contributed by atoms with Crippen molar-refractivity contribution in [2.24, 2.45) is 5.41 Å². The second-order valence-electron chi connectivity index (χ2n) is 5.62. The highest BCUT2D eigenvalue weighted by molar-refractivity contribution is 7.89. The Bertz CT molecular complexity index is 408. The van der Waals surface area contributed by atoms with E-state index in [4.69, 9.17) is 0 Å². The lowest BCUT2D eigenvalue weighted by atomic mass is 9.80. The number of carbonyl (C=O) groups excluding carboxylic acids is 1. The van der Waals surface area contributed by atoms with Gasteiger partial charge in [0.15, 0.2) is 0 Å². The molecule has 0 aromatic carbocycles. The Morgan fingerprint density at radius 3 is 2.53 bits per heavy atom. The van der Waals surface area contributed by atoms with Gasteiger partial charge in [0.1, 0.15) is 0 Å². The zero-order valence-electron chi connectivity index (χ0n) is 12.2. The number of amides is 1. The molecule has 1 aliphatic rings. The van der Waals surface area contributed by atoms with E-state index in [1.54, 1.807) is 11.8 Å². The van der Waals surface area contributed by atoms with Gasteiger partial charge in [0.05, 0.1) is 12.3 Å². The number of rotatable bonds is 5. The monoisotopic (exact) mass is 290 g/mol. The molecule has 0 spiro atoms. The molecule has 0 aliphatic carbocycles. The Kier molecular flexibility index (Phi) is 5.80.